The molecule has 0 aliphatic rings. The van der Waals surface area contributed by atoms with E-state index in [2.05, 4.69) is 11.9 Å². The third kappa shape index (κ3) is 9.58. The van der Waals surface area contributed by atoms with E-state index in [1.54, 1.807) is 18.7 Å². The molecule has 2 N–H and O–H groups in total. The summed E-state index contributed by atoms with van der Waals surface area (Å²) in [5.41, 5.74) is 0. The summed E-state index contributed by atoms with van der Waals surface area (Å²) in [6.45, 7) is 5.98. The molecule has 1 unspecified atom stereocenters. The fourth-order valence-electron chi connectivity index (χ4n) is 1.19. The van der Waals surface area contributed by atoms with E-state index in [0.717, 1.165) is 11.5 Å². The number of thioether (sulfide) groups is 1. The molecular weight excluding hydrogens is 226 g/mol. The van der Waals surface area contributed by atoms with Gasteiger partial charge in [0, 0.05) is 30.9 Å². The zero-order chi connectivity index (χ0) is 12.4. The van der Waals surface area contributed by atoms with Gasteiger partial charge in [-0.3, -0.25) is 9.59 Å². The lowest BCUT2D eigenvalue weighted by atomic mass is 10.0. The van der Waals surface area contributed by atoms with Crippen molar-refractivity contribution < 1.29 is 14.7 Å². The van der Waals surface area contributed by atoms with Gasteiger partial charge in [0.25, 0.3) is 0 Å². The number of nitrogens with one attached hydrogen (secondary N) is 1. The van der Waals surface area contributed by atoms with Crippen molar-refractivity contribution in [2.75, 3.05) is 18.1 Å². The molecule has 4 nitrogen and oxygen atoms in total. The first-order valence-corrected chi connectivity index (χ1v) is 6.38. The summed E-state index contributed by atoms with van der Waals surface area (Å²) in [6.07, 6.45) is 2.14. The van der Waals surface area contributed by atoms with Gasteiger partial charge >= 0.3 is 5.97 Å². The first-order valence-electron chi connectivity index (χ1n) is 5.23. The minimum absolute atomic E-state index is 0.0403. The van der Waals surface area contributed by atoms with Crippen LogP contribution in [-0.4, -0.2) is 35.0 Å². The highest BCUT2D eigenvalue weighted by Crippen LogP contribution is 2.06. The van der Waals surface area contributed by atoms with Gasteiger partial charge in [-0.05, 0) is 5.92 Å². The average Bonchev–Trinajstić information content (AvgIpc) is 2.15. The van der Waals surface area contributed by atoms with E-state index in [1.807, 2.05) is 6.08 Å². The lowest BCUT2D eigenvalue weighted by molar-refractivity contribution is -0.138. The number of carboxylic acid groups (broad SMARTS) is 1. The molecule has 1 atom stereocenters. The van der Waals surface area contributed by atoms with Gasteiger partial charge in [-0.15, -0.1) is 6.58 Å². The maximum Gasteiger partial charge on any atom is 0.303 e. The number of amides is 1. The van der Waals surface area contributed by atoms with Gasteiger partial charge in [0.2, 0.25) is 5.91 Å². The molecule has 0 aromatic rings. The lowest BCUT2D eigenvalue weighted by Gasteiger charge is -2.08. The smallest absolute Gasteiger partial charge is 0.303 e. The number of aliphatic carboxylic acids is 1. The third-order valence-electron chi connectivity index (χ3n) is 1.86. The Balaban J connectivity index is 3.50. The number of carbonyl (C=O) groups is 2. The molecule has 92 valence electrons. The highest BCUT2D eigenvalue weighted by atomic mass is 32.2. The van der Waals surface area contributed by atoms with Gasteiger partial charge in [0.15, 0.2) is 0 Å². The fraction of sp³-hybridized carbons (Fsp3) is 0.636. The van der Waals surface area contributed by atoms with E-state index >= 15 is 0 Å². The molecule has 0 aliphatic carbocycles. The minimum atomic E-state index is -0.859. The van der Waals surface area contributed by atoms with E-state index in [0.29, 0.717) is 6.54 Å². The summed E-state index contributed by atoms with van der Waals surface area (Å²) in [5.74, 6) is 0.684. The van der Waals surface area contributed by atoms with E-state index in [1.165, 1.54) is 0 Å². The Bertz CT molecular complexity index is 243. The van der Waals surface area contributed by atoms with Crippen LogP contribution >= 0.6 is 11.8 Å². The predicted octanol–water partition coefficient (Wildman–Crippen LogP) is 1.52. The number of carboxylic acids is 1. The molecule has 0 rings (SSSR count). The molecule has 5 heteroatoms. The first-order chi connectivity index (χ1) is 7.56. The van der Waals surface area contributed by atoms with Crippen LogP contribution in [0.25, 0.3) is 0 Å². The Kier molecular flexibility index (Phi) is 8.71. The molecule has 0 spiro atoms. The molecule has 0 aromatic carbocycles. The Morgan fingerprint density at radius 1 is 1.50 bits per heavy atom. The van der Waals surface area contributed by atoms with E-state index in [4.69, 9.17) is 5.11 Å². The van der Waals surface area contributed by atoms with E-state index < -0.39 is 5.97 Å². The number of hydrogen-bond acceptors (Lipinski definition) is 3. The molecule has 0 heterocycles. The summed E-state index contributed by atoms with van der Waals surface area (Å²) in [4.78, 5) is 21.7. The zero-order valence-electron chi connectivity index (χ0n) is 9.57. The summed E-state index contributed by atoms with van der Waals surface area (Å²) in [6, 6.07) is 0. The topological polar surface area (TPSA) is 66.4 Å². The second kappa shape index (κ2) is 9.27. The number of carbonyl (C=O) groups excluding carboxylic acids is 1. The monoisotopic (exact) mass is 245 g/mol. The van der Waals surface area contributed by atoms with Crippen LogP contribution < -0.4 is 5.32 Å². The van der Waals surface area contributed by atoms with Crippen LogP contribution in [0.1, 0.15) is 19.8 Å². The maximum atomic E-state index is 11.3. The largest absolute Gasteiger partial charge is 0.481 e. The molecule has 0 saturated carbocycles. The minimum Gasteiger partial charge on any atom is -0.481 e. The van der Waals surface area contributed by atoms with Crippen LogP contribution in [0.2, 0.25) is 0 Å². The third-order valence-corrected chi connectivity index (χ3v) is 2.83. The van der Waals surface area contributed by atoms with Crippen molar-refractivity contribution in [2.45, 2.75) is 19.8 Å². The Morgan fingerprint density at radius 3 is 2.75 bits per heavy atom. The summed E-state index contributed by atoms with van der Waals surface area (Å²) in [5, 5.41) is 11.3. The van der Waals surface area contributed by atoms with Crippen molar-refractivity contribution in [3.05, 3.63) is 12.7 Å². The molecule has 0 bridgehead atoms. The van der Waals surface area contributed by atoms with Crippen LogP contribution in [0.3, 0.4) is 0 Å². The number of hydrogen-bond donors (Lipinski definition) is 2. The number of rotatable bonds is 9. The second-order valence-electron chi connectivity index (χ2n) is 3.62. The summed E-state index contributed by atoms with van der Waals surface area (Å²) >= 11 is 1.70. The van der Waals surface area contributed by atoms with Gasteiger partial charge in [-0.2, -0.15) is 11.8 Å². The Labute approximate surface area is 100 Å². The second-order valence-corrected chi connectivity index (χ2v) is 4.77. The molecule has 1 amide bonds. The van der Waals surface area contributed by atoms with Gasteiger partial charge in [-0.25, -0.2) is 0 Å². The Morgan fingerprint density at radius 2 is 2.19 bits per heavy atom. The van der Waals surface area contributed by atoms with Crippen LogP contribution in [0.5, 0.6) is 0 Å². The van der Waals surface area contributed by atoms with Crippen molar-refractivity contribution in [3.8, 4) is 0 Å². The maximum absolute atomic E-state index is 11.3. The summed E-state index contributed by atoms with van der Waals surface area (Å²) < 4.78 is 0. The van der Waals surface area contributed by atoms with Crippen molar-refractivity contribution in [1.82, 2.24) is 5.32 Å². The summed E-state index contributed by atoms with van der Waals surface area (Å²) in [7, 11) is 0. The van der Waals surface area contributed by atoms with Crippen molar-refractivity contribution in [1.29, 1.82) is 0 Å². The van der Waals surface area contributed by atoms with Gasteiger partial charge in [0.05, 0.1) is 0 Å². The van der Waals surface area contributed by atoms with E-state index in [-0.39, 0.29) is 24.7 Å². The molecule has 0 saturated heterocycles. The average molecular weight is 245 g/mol. The van der Waals surface area contributed by atoms with Crippen LogP contribution in [0, 0.1) is 5.92 Å². The normalized spacial score (nSPS) is 11.8. The van der Waals surface area contributed by atoms with Crippen LogP contribution in [-0.2, 0) is 9.59 Å². The molecule has 0 aromatic heterocycles. The SMILES string of the molecule is C=CCSCCNC(=O)CC(C)CC(=O)O. The fourth-order valence-corrected chi connectivity index (χ4v) is 1.77. The molecule has 16 heavy (non-hydrogen) atoms. The standard InChI is InChI=1S/C11H19NO3S/c1-3-5-16-6-4-12-10(13)7-9(2)8-11(14)15/h3,9H,1,4-8H2,2H3,(H,12,13)(H,14,15). The first kappa shape index (κ1) is 15.0. The van der Waals surface area contributed by atoms with Gasteiger partial charge in [-0.1, -0.05) is 13.0 Å². The molecule has 0 radical (unpaired) electrons. The highest BCUT2D eigenvalue weighted by Gasteiger charge is 2.11. The van der Waals surface area contributed by atoms with Gasteiger partial charge < -0.3 is 10.4 Å². The van der Waals surface area contributed by atoms with Crippen LogP contribution in [0.15, 0.2) is 12.7 Å². The zero-order valence-corrected chi connectivity index (χ0v) is 10.4. The Hall–Kier alpha value is -0.970. The van der Waals surface area contributed by atoms with E-state index in [9.17, 15) is 9.59 Å². The lowest BCUT2D eigenvalue weighted by Crippen LogP contribution is -2.27. The molecule has 0 fully saturated rings. The van der Waals surface area contributed by atoms with Crippen molar-refractivity contribution >= 4 is 23.6 Å². The highest BCUT2D eigenvalue weighted by molar-refractivity contribution is 7.99. The van der Waals surface area contributed by atoms with Gasteiger partial charge in [0.1, 0.15) is 0 Å². The van der Waals surface area contributed by atoms with Crippen molar-refractivity contribution in [3.63, 3.8) is 0 Å². The molecule has 0 aliphatic heterocycles. The predicted molar refractivity (Wildman–Crippen MR) is 66.6 cm³/mol. The van der Waals surface area contributed by atoms with Crippen molar-refractivity contribution in [2.24, 2.45) is 5.92 Å². The molecular formula is C11H19NO3S. The quantitative estimate of drug-likeness (QED) is 0.477. The van der Waals surface area contributed by atoms with Crippen LogP contribution in [0.4, 0.5) is 0 Å².